The average molecular weight is 284 g/mol. The van der Waals surface area contributed by atoms with Crippen molar-refractivity contribution in [1.29, 1.82) is 0 Å². The van der Waals surface area contributed by atoms with Gasteiger partial charge in [-0.05, 0) is 36.4 Å². The summed E-state index contributed by atoms with van der Waals surface area (Å²) in [5.74, 6) is 0.847. The van der Waals surface area contributed by atoms with E-state index in [-0.39, 0.29) is 0 Å². The van der Waals surface area contributed by atoms with Gasteiger partial charge in [-0.2, -0.15) is 0 Å². The largest absolute Gasteiger partial charge is 0.306 e. The average Bonchev–Trinajstić information content (AvgIpc) is 3.22. The lowest BCUT2D eigenvalue weighted by molar-refractivity contribution is 1.01. The van der Waals surface area contributed by atoms with E-state index in [4.69, 9.17) is 9.97 Å². The van der Waals surface area contributed by atoms with Crippen LogP contribution in [0.25, 0.3) is 33.5 Å². The molecule has 0 atom stereocenters. The Kier molecular flexibility index (Phi) is 2.19. The highest BCUT2D eigenvalue weighted by Gasteiger charge is 2.14. The van der Waals surface area contributed by atoms with E-state index in [2.05, 4.69) is 16.5 Å². The number of fused-ring (bicyclic) bond motifs is 5. The van der Waals surface area contributed by atoms with Crippen molar-refractivity contribution >= 4 is 27.7 Å². The van der Waals surface area contributed by atoms with Crippen LogP contribution in [0.2, 0.25) is 0 Å². The highest BCUT2D eigenvalue weighted by atomic mass is 15.1. The zero-order chi connectivity index (χ0) is 14.5. The number of para-hydroxylation sites is 4. The predicted molar refractivity (Wildman–Crippen MR) is 87.3 cm³/mol. The van der Waals surface area contributed by atoms with Crippen LogP contribution in [0.5, 0.6) is 0 Å². The van der Waals surface area contributed by atoms with Crippen LogP contribution in [-0.2, 0) is 0 Å². The quantitative estimate of drug-likeness (QED) is 0.469. The van der Waals surface area contributed by atoms with Gasteiger partial charge in [-0.1, -0.05) is 24.3 Å². The van der Waals surface area contributed by atoms with E-state index in [0.717, 1.165) is 33.5 Å². The third-order valence-electron chi connectivity index (χ3n) is 3.96. The SMILES string of the molecule is c1ccc2c(c1)nc(-n1cccc1)c1nc3ccccc3n12. The summed E-state index contributed by atoms with van der Waals surface area (Å²) in [6.07, 6.45) is 3.99. The molecule has 0 unspecified atom stereocenters. The number of imidazole rings is 1. The number of hydrogen-bond acceptors (Lipinski definition) is 2. The maximum Gasteiger partial charge on any atom is 0.182 e. The van der Waals surface area contributed by atoms with Gasteiger partial charge in [0, 0.05) is 12.4 Å². The molecule has 4 heteroatoms. The fourth-order valence-electron chi connectivity index (χ4n) is 2.98. The van der Waals surface area contributed by atoms with Crippen LogP contribution in [0, 0.1) is 0 Å². The molecule has 0 N–H and O–H groups in total. The second kappa shape index (κ2) is 4.18. The van der Waals surface area contributed by atoms with E-state index < -0.39 is 0 Å². The molecule has 5 aromatic rings. The van der Waals surface area contributed by atoms with Crippen molar-refractivity contribution in [2.75, 3.05) is 0 Å². The molecule has 3 aromatic heterocycles. The Bertz CT molecular complexity index is 1120. The first-order chi connectivity index (χ1) is 10.9. The Morgan fingerprint density at radius 2 is 1.23 bits per heavy atom. The van der Waals surface area contributed by atoms with Gasteiger partial charge in [0.2, 0.25) is 0 Å². The Morgan fingerprint density at radius 3 is 1.91 bits per heavy atom. The molecule has 3 heterocycles. The molecule has 2 aromatic carbocycles. The predicted octanol–water partition coefficient (Wildman–Crippen LogP) is 3.83. The Hall–Kier alpha value is -3.14. The van der Waals surface area contributed by atoms with Crippen molar-refractivity contribution in [3.8, 4) is 5.82 Å². The van der Waals surface area contributed by atoms with Crippen molar-refractivity contribution in [3.63, 3.8) is 0 Å². The van der Waals surface area contributed by atoms with E-state index in [1.54, 1.807) is 0 Å². The number of aromatic nitrogens is 4. The topological polar surface area (TPSA) is 35.1 Å². The molecule has 4 nitrogen and oxygen atoms in total. The molecular weight excluding hydrogens is 272 g/mol. The van der Waals surface area contributed by atoms with E-state index in [1.165, 1.54) is 0 Å². The molecule has 22 heavy (non-hydrogen) atoms. The van der Waals surface area contributed by atoms with E-state index in [9.17, 15) is 0 Å². The number of rotatable bonds is 1. The molecule has 0 radical (unpaired) electrons. The minimum Gasteiger partial charge on any atom is -0.306 e. The van der Waals surface area contributed by atoms with Crippen molar-refractivity contribution < 1.29 is 0 Å². The van der Waals surface area contributed by atoms with Crippen LogP contribution < -0.4 is 0 Å². The summed E-state index contributed by atoms with van der Waals surface area (Å²) in [5.41, 5.74) is 4.98. The van der Waals surface area contributed by atoms with Crippen LogP contribution in [0.3, 0.4) is 0 Å². The summed E-state index contributed by atoms with van der Waals surface area (Å²) in [6.45, 7) is 0. The molecule has 0 amide bonds. The van der Waals surface area contributed by atoms with Gasteiger partial charge >= 0.3 is 0 Å². The van der Waals surface area contributed by atoms with Crippen molar-refractivity contribution in [2.45, 2.75) is 0 Å². The minimum absolute atomic E-state index is 0.847. The smallest absolute Gasteiger partial charge is 0.182 e. The van der Waals surface area contributed by atoms with Gasteiger partial charge in [0.1, 0.15) is 0 Å². The van der Waals surface area contributed by atoms with Gasteiger partial charge in [-0.3, -0.25) is 4.40 Å². The molecular formula is C18H12N4. The molecule has 0 fully saturated rings. The molecule has 5 rings (SSSR count). The Morgan fingerprint density at radius 1 is 0.636 bits per heavy atom. The first kappa shape index (κ1) is 11.5. The second-order valence-electron chi connectivity index (χ2n) is 5.27. The third-order valence-corrected chi connectivity index (χ3v) is 3.96. The Labute approximate surface area is 126 Å². The number of benzene rings is 2. The maximum absolute atomic E-state index is 4.82. The van der Waals surface area contributed by atoms with Crippen LogP contribution in [0.1, 0.15) is 0 Å². The van der Waals surface area contributed by atoms with Crippen LogP contribution in [0.4, 0.5) is 0 Å². The first-order valence-corrected chi connectivity index (χ1v) is 7.21. The maximum atomic E-state index is 4.82. The minimum atomic E-state index is 0.847. The fraction of sp³-hybridized carbons (Fsp3) is 0. The van der Waals surface area contributed by atoms with Crippen molar-refractivity contribution in [3.05, 3.63) is 73.1 Å². The van der Waals surface area contributed by atoms with Gasteiger partial charge in [0.25, 0.3) is 0 Å². The normalized spacial score (nSPS) is 11.6. The molecule has 0 aliphatic heterocycles. The summed E-state index contributed by atoms with van der Waals surface area (Å²) in [7, 11) is 0. The molecule has 0 aliphatic rings. The lowest BCUT2D eigenvalue weighted by Gasteiger charge is -2.08. The van der Waals surface area contributed by atoms with E-state index in [1.807, 2.05) is 65.5 Å². The van der Waals surface area contributed by atoms with Gasteiger partial charge in [0.15, 0.2) is 11.5 Å². The Balaban J connectivity index is 2.09. The lowest BCUT2D eigenvalue weighted by atomic mass is 10.3. The highest BCUT2D eigenvalue weighted by molar-refractivity contribution is 5.90. The summed E-state index contributed by atoms with van der Waals surface area (Å²) in [5, 5.41) is 0. The number of hydrogen-bond donors (Lipinski definition) is 0. The van der Waals surface area contributed by atoms with Crippen molar-refractivity contribution in [1.82, 2.24) is 18.9 Å². The molecule has 0 spiro atoms. The zero-order valence-electron chi connectivity index (χ0n) is 11.7. The molecule has 0 saturated heterocycles. The van der Waals surface area contributed by atoms with Gasteiger partial charge < -0.3 is 4.57 Å². The third kappa shape index (κ3) is 1.46. The summed E-state index contributed by atoms with van der Waals surface area (Å²) < 4.78 is 4.20. The van der Waals surface area contributed by atoms with E-state index >= 15 is 0 Å². The van der Waals surface area contributed by atoms with Crippen LogP contribution in [-0.4, -0.2) is 18.9 Å². The van der Waals surface area contributed by atoms with Gasteiger partial charge in [0.05, 0.1) is 22.1 Å². The monoisotopic (exact) mass is 284 g/mol. The van der Waals surface area contributed by atoms with Crippen LogP contribution >= 0.6 is 0 Å². The summed E-state index contributed by atoms with van der Waals surface area (Å²) in [6, 6.07) is 20.4. The van der Waals surface area contributed by atoms with Gasteiger partial charge in [-0.25, -0.2) is 9.97 Å². The fourth-order valence-corrected chi connectivity index (χ4v) is 2.98. The van der Waals surface area contributed by atoms with Gasteiger partial charge in [-0.15, -0.1) is 0 Å². The van der Waals surface area contributed by atoms with E-state index in [0.29, 0.717) is 0 Å². The summed E-state index contributed by atoms with van der Waals surface area (Å²) >= 11 is 0. The standard InChI is InChI=1S/C18H12N4/c1-3-9-15-13(7-1)19-17(21-11-5-6-12-21)18-20-14-8-2-4-10-16(14)22(15)18/h1-12H. The summed E-state index contributed by atoms with van der Waals surface area (Å²) in [4.78, 5) is 9.62. The van der Waals surface area contributed by atoms with Crippen LogP contribution in [0.15, 0.2) is 73.1 Å². The highest BCUT2D eigenvalue weighted by Crippen LogP contribution is 2.25. The van der Waals surface area contributed by atoms with Crippen molar-refractivity contribution in [2.24, 2.45) is 0 Å². The first-order valence-electron chi connectivity index (χ1n) is 7.21. The molecule has 104 valence electrons. The molecule has 0 bridgehead atoms. The molecule has 0 saturated carbocycles. The zero-order valence-corrected chi connectivity index (χ0v) is 11.7. The number of nitrogens with zero attached hydrogens (tertiary/aromatic N) is 4. The lowest BCUT2D eigenvalue weighted by Crippen LogP contribution is -2.01. The second-order valence-corrected chi connectivity index (χ2v) is 5.27. The molecule has 0 aliphatic carbocycles.